The lowest BCUT2D eigenvalue weighted by atomic mass is 10.1. The second-order valence-electron chi connectivity index (χ2n) is 3.89. The molecule has 0 aromatic carbocycles. The molecular formula is C12H21NO. The maximum atomic E-state index is 5.75. The summed E-state index contributed by atoms with van der Waals surface area (Å²) in [6.45, 7) is 6.34. The first-order chi connectivity index (χ1) is 6.86. The molecule has 0 aliphatic carbocycles. The molecule has 0 aromatic heterocycles. The average molecular weight is 195 g/mol. The summed E-state index contributed by atoms with van der Waals surface area (Å²) in [4.78, 5) is 2.42. The summed E-state index contributed by atoms with van der Waals surface area (Å²) >= 11 is 0. The lowest BCUT2D eigenvalue weighted by Crippen LogP contribution is -2.40. The Hall–Kier alpha value is -0.520. The fourth-order valence-corrected chi connectivity index (χ4v) is 1.86. The smallest absolute Gasteiger partial charge is 0.0702 e. The minimum atomic E-state index is 0.446. The van der Waals surface area contributed by atoms with Crippen LogP contribution < -0.4 is 0 Å². The Morgan fingerprint density at radius 1 is 1.57 bits per heavy atom. The van der Waals surface area contributed by atoms with E-state index in [9.17, 15) is 0 Å². The van der Waals surface area contributed by atoms with Crippen molar-refractivity contribution in [2.24, 2.45) is 0 Å². The minimum Gasteiger partial charge on any atom is -0.377 e. The van der Waals surface area contributed by atoms with Crippen molar-refractivity contribution in [3.05, 3.63) is 0 Å². The van der Waals surface area contributed by atoms with Crippen molar-refractivity contribution in [1.29, 1.82) is 0 Å². The molecule has 1 heterocycles. The molecule has 0 saturated carbocycles. The van der Waals surface area contributed by atoms with Crippen LogP contribution in [0.4, 0.5) is 0 Å². The van der Waals surface area contributed by atoms with Crippen LogP contribution in [0.1, 0.15) is 32.6 Å². The van der Waals surface area contributed by atoms with Crippen LogP contribution in [0, 0.1) is 12.3 Å². The number of nitrogens with zero attached hydrogens (tertiary/aromatic N) is 1. The zero-order chi connectivity index (χ0) is 10.2. The predicted octanol–water partition coefficient (Wildman–Crippen LogP) is 1.90. The van der Waals surface area contributed by atoms with Gasteiger partial charge in [0.2, 0.25) is 0 Å². The summed E-state index contributed by atoms with van der Waals surface area (Å²) in [6.07, 6.45) is 10.1. The Balaban J connectivity index is 2.18. The van der Waals surface area contributed by atoms with Gasteiger partial charge in [0.15, 0.2) is 0 Å². The van der Waals surface area contributed by atoms with E-state index in [1.54, 1.807) is 0 Å². The van der Waals surface area contributed by atoms with Crippen LogP contribution in [-0.4, -0.2) is 37.2 Å². The Morgan fingerprint density at radius 3 is 3.14 bits per heavy atom. The number of hydrogen-bond acceptors (Lipinski definition) is 2. The van der Waals surface area contributed by atoms with E-state index in [0.717, 1.165) is 32.5 Å². The molecule has 0 radical (unpaired) electrons. The lowest BCUT2D eigenvalue weighted by Gasteiger charge is -2.32. The van der Waals surface area contributed by atoms with Gasteiger partial charge in [-0.1, -0.05) is 6.92 Å². The van der Waals surface area contributed by atoms with Gasteiger partial charge in [-0.2, -0.15) is 0 Å². The molecule has 14 heavy (non-hydrogen) atoms. The first-order valence-electron chi connectivity index (χ1n) is 5.64. The van der Waals surface area contributed by atoms with Gasteiger partial charge in [0.05, 0.1) is 6.10 Å². The quantitative estimate of drug-likeness (QED) is 0.621. The number of ether oxygens (including phenoxy) is 1. The van der Waals surface area contributed by atoms with Crippen molar-refractivity contribution in [1.82, 2.24) is 4.90 Å². The van der Waals surface area contributed by atoms with Gasteiger partial charge < -0.3 is 4.74 Å². The maximum absolute atomic E-state index is 5.75. The van der Waals surface area contributed by atoms with Gasteiger partial charge in [-0.25, -0.2) is 0 Å². The van der Waals surface area contributed by atoms with Gasteiger partial charge in [0.1, 0.15) is 0 Å². The van der Waals surface area contributed by atoms with Crippen molar-refractivity contribution < 1.29 is 4.74 Å². The SMILES string of the molecule is C#CCCN1CCCC(OCCC)C1. The summed E-state index contributed by atoms with van der Waals surface area (Å²) < 4.78 is 5.75. The van der Waals surface area contributed by atoms with E-state index in [-0.39, 0.29) is 0 Å². The van der Waals surface area contributed by atoms with Crippen molar-refractivity contribution in [2.75, 3.05) is 26.2 Å². The van der Waals surface area contributed by atoms with E-state index in [0.29, 0.717) is 6.10 Å². The fraction of sp³-hybridized carbons (Fsp3) is 0.833. The van der Waals surface area contributed by atoms with Crippen LogP contribution in [0.2, 0.25) is 0 Å². The molecule has 1 aliphatic rings. The molecule has 0 N–H and O–H groups in total. The standard InChI is InChI=1S/C12H21NO/c1-3-5-8-13-9-6-7-12(11-13)14-10-4-2/h1,12H,4-11H2,2H3. The minimum absolute atomic E-state index is 0.446. The molecular weight excluding hydrogens is 174 g/mol. The molecule has 0 bridgehead atoms. The first-order valence-corrected chi connectivity index (χ1v) is 5.64. The lowest BCUT2D eigenvalue weighted by molar-refractivity contribution is 0.000615. The topological polar surface area (TPSA) is 12.5 Å². The molecule has 2 nitrogen and oxygen atoms in total. The number of piperidine rings is 1. The average Bonchev–Trinajstić information content (AvgIpc) is 2.24. The van der Waals surface area contributed by atoms with Gasteiger partial charge in [-0.3, -0.25) is 4.90 Å². The second-order valence-corrected chi connectivity index (χ2v) is 3.89. The monoisotopic (exact) mass is 195 g/mol. The second kappa shape index (κ2) is 6.86. The van der Waals surface area contributed by atoms with Crippen LogP contribution >= 0.6 is 0 Å². The highest BCUT2D eigenvalue weighted by atomic mass is 16.5. The molecule has 1 saturated heterocycles. The normalized spacial score (nSPS) is 23.3. The summed E-state index contributed by atoms with van der Waals surface area (Å²) in [7, 11) is 0. The van der Waals surface area contributed by atoms with E-state index in [1.807, 2.05) is 0 Å². The zero-order valence-electron chi connectivity index (χ0n) is 9.17. The van der Waals surface area contributed by atoms with Gasteiger partial charge >= 0.3 is 0 Å². The summed E-state index contributed by atoms with van der Waals surface area (Å²) in [5.41, 5.74) is 0. The number of terminal acetylenes is 1. The Morgan fingerprint density at radius 2 is 2.43 bits per heavy atom. The summed E-state index contributed by atoms with van der Waals surface area (Å²) in [5, 5.41) is 0. The highest BCUT2D eigenvalue weighted by Crippen LogP contribution is 2.13. The van der Waals surface area contributed by atoms with Gasteiger partial charge in [-0.05, 0) is 25.8 Å². The van der Waals surface area contributed by atoms with E-state index in [2.05, 4.69) is 17.7 Å². The highest BCUT2D eigenvalue weighted by Gasteiger charge is 2.19. The molecule has 0 amide bonds. The third-order valence-electron chi connectivity index (χ3n) is 2.59. The molecule has 1 rings (SSSR count). The fourth-order valence-electron chi connectivity index (χ4n) is 1.86. The van der Waals surface area contributed by atoms with Crippen LogP contribution in [0.15, 0.2) is 0 Å². The van der Waals surface area contributed by atoms with Gasteiger partial charge in [-0.15, -0.1) is 12.3 Å². The van der Waals surface area contributed by atoms with Crippen molar-refractivity contribution in [3.63, 3.8) is 0 Å². The molecule has 0 aromatic rings. The highest BCUT2D eigenvalue weighted by molar-refractivity contribution is 4.86. The molecule has 1 fully saturated rings. The Bertz CT molecular complexity index is 185. The van der Waals surface area contributed by atoms with Crippen molar-refractivity contribution in [3.8, 4) is 12.3 Å². The predicted molar refractivity (Wildman–Crippen MR) is 59.2 cm³/mol. The van der Waals surface area contributed by atoms with Gasteiger partial charge in [0.25, 0.3) is 0 Å². The third-order valence-corrected chi connectivity index (χ3v) is 2.59. The first kappa shape index (κ1) is 11.6. The van der Waals surface area contributed by atoms with Crippen molar-refractivity contribution in [2.45, 2.75) is 38.7 Å². The molecule has 1 aliphatic heterocycles. The van der Waals surface area contributed by atoms with Gasteiger partial charge in [0, 0.05) is 26.1 Å². The molecule has 1 unspecified atom stereocenters. The Kier molecular flexibility index (Phi) is 5.66. The molecule has 1 atom stereocenters. The largest absolute Gasteiger partial charge is 0.377 e. The summed E-state index contributed by atoms with van der Waals surface area (Å²) in [6, 6.07) is 0. The van der Waals surface area contributed by atoms with E-state index < -0.39 is 0 Å². The number of hydrogen-bond donors (Lipinski definition) is 0. The molecule has 80 valence electrons. The van der Waals surface area contributed by atoms with E-state index >= 15 is 0 Å². The number of likely N-dealkylation sites (tertiary alicyclic amines) is 1. The third kappa shape index (κ3) is 4.13. The van der Waals surface area contributed by atoms with E-state index in [1.165, 1.54) is 19.4 Å². The maximum Gasteiger partial charge on any atom is 0.0702 e. The van der Waals surface area contributed by atoms with Crippen LogP contribution in [0.3, 0.4) is 0 Å². The molecule has 0 spiro atoms. The van der Waals surface area contributed by atoms with Crippen LogP contribution in [0.25, 0.3) is 0 Å². The summed E-state index contributed by atoms with van der Waals surface area (Å²) in [5.74, 6) is 2.69. The molecule has 2 heteroatoms. The number of rotatable bonds is 5. The van der Waals surface area contributed by atoms with Crippen LogP contribution in [0.5, 0.6) is 0 Å². The van der Waals surface area contributed by atoms with Crippen LogP contribution in [-0.2, 0) is 4.74 Å². The van der Waals surface area contributed by atoms with Crippen molar-refractivity contribution >= 4 is 0 Å². The van der Waals surface area contributed by atoms with E-state index in [4.69, 9.17) is 11.2 Å². The zero-order valence-corrected chi connectivity index (χ0v) is 9.17. The Labute approximate surface area is 87.6 Å².